The maximum Gasteiger partial charge on any atom is 0.243 e. The van der Waals surface area contributed by atoms with Gasteiger partial charge in [0.2, 0.25) is 16.0 Å². The SMILES string of the molecule is COc1cccc(OC)c1-n1c(NS(=O)(=O)C[C@@H](O)c2ccc(Cl)cc2S(C)(=O)=O)nnc1-c1cncc(C)c1. The molecule has 0 aliphatic rings. The normalized spacial score (nSPS) is 12.7. The highest BCUT2D eigenvalue weighted by molar-refractivity contribution is 7.92. The Labute approximate surface area is 236 Å². The molecular formula is C25H26ClN5O7S2. The number of sulfone groups is 1. The van der Waals surface area contributed by atoms with Gasteiger partial charge in [-0.3, -0.25) is 14.3 Å². The van der Waals surface area contributed by atoms with Crippen molar-refractivity contribution < 1.29 is 31.4 Å². The zero-order valence-corrected chi connectivity index (χ0v) is 24.2. The number of para-hydroxylation sites is 1. The summed E-state index contributed by atoms with van der Waals surface area (Å²) in [4.78, 5) is 3.92. The Bertz CT molecular complexity index is 1750. The standard InChI is InChI=1S/C25H26ClN5O7S2/c1-15-10-16(13-27-12-15)24-28-29-25(31(24)23-20(37-2)6-5-7-21(23)38-3)30-40(35,36)14-19(32)18-9-8-17(26)11-22(18)39(4,33)34/h5-13,19,32H,14H2,1-4H3,(H,29,30)/t19-/m1/s1. The number of nitrogens with zero attached hydrogens (tertiary/aromatic N) is 4. The van der Waals surface area contributed by atoms with Gasteiger partial charge < -0.3 is 14.6 Å². The number of anilines is 1. The van der Waals surface area contributed by atoms with Crippen LogP contribution in [-0.2, 0) is 19.9 Å². The van der Waals surface area contributed by atoms with E-state index < -0.39 is 31.7 Å². The van der Waals surface area contributed by atoms with Crippen molar-refractivity contribution >= 4 is 37.4 Å². The van der Waals surface area contributed by atoms with Crippen LogP contribution in [0.5, 0.6) is 11.5 Å². The van der Waals surface area contributed by atoms with Gasteiger partial charge in [-0.2, -0.15) is 0 Å². The van der Waals surface area contributed by atoms with Gasteiger partial charge in [-0.1, -0.05) is 23.7 Å². The second kappa shape index (κ2) is 11.4. The number of pyridine rings is 1. The first-order valence-electron chi connectivity index (χ1n) is 11.6. The van der Waals surface area contributed by atoms with Gasteiger partial charge in [0.05, 0.1) is 31.0 Å². The van der Waals surface area contributed by atoms with Crippen LogP contribution in [-0.4, -0.2) is 67.9 Å². The molecule has 2 aromatic carbocycles. The molecular weight excluding hydrogens is 582 g/mol. The summed E-state index contributed by atoms with van der Waals surface area (Å²) in [5, 5.41) is 19.2. The summed E-state index contributed by atoms with van der Waals surface area (Å²) >= 11 is 5.94. The Morgan fingerprint density at radius 2 is 1.70 bits per heavy atom. The van der Waals surface area contributed by atoms with Crippen LogP contribution < -0.4 is 14.2 Å². The monoisotopic (exact) mass is 607 g/mol. The van der Waals surface area contributed by atoms with Crippen LogP contribution in [0.25, 0.3) is 17.1 Å². The van der Waals surface area contributed by atoms with E-state index in [0.717, 1.165) is 17.9 Å². The molecule has 0 saturated heterocycles. The van der Waals surface area contributed by atoms with Crippen LogP contribution in [0.3, 0.4) is 0 Å². The largest absolute Gasteiger partial charge is 0.494 e. The number of aliphatic hydroxyl groups excluding tert-OH is 1. The minimum atomic E-state index is -4.35. The quantitative estimate of drug-likeness (QED) is 0.274. The fourth-order valence-corrected chi connectivity index (χ4v) is 6.36. The van der Waals surface area contributed by atoms with Crippen molar-refractivity contribution in [2.24, 2.45) is 0 Å². The Morgan fingerprint density at radius 3 is 2.30 bits per heavy atom. The molecule has 4 rings (SSSR count). The number of nitrogens with one attached hydrogen (secondary N) is 1. The van der Waals surface area contributed by atoms with Crippen LogP contribution in [0, 0.1) is 6.92 Å². The first-order chi connectivity index (χ1) is 18.8. The van der Waals surface area contributed by atoms with Crippen LogP contribution >= 0.6 is 11.6 Å². The molecule has 0 bridgehead atoms. The van der Waals surface area contributed by atoms with Crippen molar-refractivity contribution in [3.05, 3.63) is 71.0 Å². The van der Waals surface area contributed by atoms with E-state index in [4.69, 9.17) is 21.1 Å². The Morgan fingerprint density at radius 1 is 1.02 bits per heavy atom. The van der Waals surface area contributed by atoms with Gasteiger partial charge in [0.15, 0.2) is 15.7 Å². The number of hydrogen-bond donors (Lipinski definition) is 2. The fourth-order valence-electron chi connectivity index (χ4n) is 4.06. The third kappa shape index (κ3) is 6.20. The number of benzene rings is 2. The summed E-state index contributed by atoms with van der Waals surface area (Å²) in [6, 6.07) is 10.6. The van der Waals surface area contributed by atoms with Crippen LogP contribution in [0.2, 0.25) is 5.02 Å². The summed E-state index contributed by atoms with van der Waals surface area (Å²) in [6.07, 6.45) is 2.43. The van der Waals surface area contributed by atoms with Crippen LogP contribution in [0.4, 0.5) is 5.95 Å². The number of aliphatic hydroxyl groups is 1. The zero-order valence-electron chi connectivity index (χ0n) is 21.9. The van der Waals surface area contributed by atoms with Gasteiger partial charge in [0.25, 0.3) is 0 Å². The van der Waals surface area contributed by atoms with E-state index in [-0.39, 0.29) is 27.3 Å². The number of rotatable bonds is 10. The lowest BCUT2D eigenvalue weighted by Gasteiger charge is -2.19. The predicted molar refractivity (Wildman–Crippen MR) is 149 cm³/mol. The maximum absolute atomic E-state index is 13.3. The van der Waals surface area contributed by atoms with Gasteiger partial charge in [0.1, 0.15) is 17.2 Å². The number of sulfonamides is 1. The van der Waals surface area contributed by atoms with Crippen molar-refractivity contribution in [2.75, 3.05) is 31.0 Å². The van der Waals surface area contributed by atoms with E-state index in [1.165, 1.54) is 30.9 Å². The van der Waals surface area contributed by atoms with E-state index >= 15 is 0 Å². The number of ether oxygens (including phenoxy) is 2. The molecule has 40 heavy (non-hydrogen) atoms. The number of hydrogen-bond acceptors (Lipinski definition) is 10. The Kier molecular flexibility index (Phi) is 8.35. The maximum atomic E-state index is 13.3. The van der Waals surface area contributed by atoms with E-state index in [2.05, 4.69) is 19.9 Å². The summed E-state index contributed by atoms with van der Waals surface area (Å²) in [5.41, 5.74) is 1.56. The summed E-state index contributed by atoms with van der Waals surface area (Å²) in [7, 11) is -5.28. The lowest BCUT2D eigenvalue weighted by atomic mass is 10.1. The van der Waals surface area contributed by atoms with Gasteiger partial charge in [-0.05, 0) is 42.8 Å². The van der Waals surface area contributed by atoms with Crippen molar-refractivity contribution in [2.45, 2.75) is 17.9 Å². The highest BCUT2D eigenvalue weighted by atomic mass is 35.5. The Balaban J connectivity index is 1.81. The molecule has 0 aliphatic carbocycles. The molecule has 0 fully saturated rings. The number of aryl methyl sites for hydroxylation is 1. The zero-order chi connectivity index (χ0) is 29.2. The van der Waals surface area contributed by atoms with E-state index in [1.807, 2.05) is 6.92 Å². The molecule has 2 N–H and O–H groups in total. The number of aromatic nitrogens is 4. The second-order valence-electron chi connectivity index (χ2n) is 8.80. The molecule has 0 radical (unpaired) electrons. The van der Waals surface area contributed by atoms with E-state index in [9.17, 15) is 21.9 Å². The Hall–Kier alpha value is -3.72. The third-order valence-electron chi connectivity index (χ3n) is 5.78. The minimum Gasteiger partial charge on any atom is -0.494 e. The van der Waals surface area contributed by atoms with Crippen LogP contribution in [0.1, 0.15) is 17.2 Å². The molecule has 212 valence electrons. The first kappa shape index (κ1) is 29.3. The third-order valence-corrected chi connectivity index (χ3v) is 8.42. The van der Waals surface area contributed by atoms with Crippen LogP contribution in [0.15, 0.2) is 59.8 Å². The molecule has 2 heterocycles. The molecule has 0 aliphatic heterocycles. The second-order valence-corrected chi connectivity index (χ2v) is 13.0. The fraction of sp³-hybridized carbons (Fsp3) is 0.240. The van der Waals surface area contributed by atoms with E-state index in [1.54, 1.807) is 36.7 Å². The van der Waals surface area contributed by atoms with Gasteiger partial charge in [-0.25, -0.2) is 16.8 Å². The molecule has 4 aromatic rings. The molecule has 1 atom stereocenters. The predicted octanol–water partition coefficient (Wildman–Crippen LogP) is 3.19. The molecule has 0 saturated carbocycles. The average Bonchev–Trinajstić information content (AvgIpc) is 3.29. The lowest BCUT2D eigenvalue weighted by molar-refractivity contribution is 0.198. The molecule has 0 amide bonds. The molecule has 12 nitrogen and oxygen atoms in total. The van der Waals surface area contributed by atoms with Crippen molar-refractivity contribution in [1.82, 2.24) is 19.7 Å². The molecule has 2 aromatic heterocycles. The highest BCUT2D eigenvalue weighted by Crippen LogP contribution is 2.38. The number of halogens is 1. The minimum absolute atomic E-state index is 0.114. The summed E-state index contributed by atoms with van der Waals surface area (Å²) in [6.45, 7) is 1.84. The van der Waals surface area contributed by atoms with Crippen molar-refractivity contribution in [3.8, 4) is 28.6 Å². The summed E-state index contributed by atoms with van der Waals surface area (Å²) < 4.78 is 66.0. The topological polar surface area (TPSA) is 163 Å². The van der Waals surface area contributed by atoms with Gasteiger partial charge >= 0.3 is 0 Å². The number of methoxy groups -OCH3 is 2. The molecule has 15 heteroatoms. The van der Waals surface area contributed by atoms with E-state index in [0.29, 0.717) is 22.7 Å². The van der Waals surface area contributed by atoms with Crippen molar-refractivity contribution in [1.29, 1.82) is 0 Å². The van der Waals surface area contributed by atoms with Gasteiger partial charge in [0, 0.05) is 34.8 Å². The van der Waals surface area contributed by atoms with Crippen molar-refractivity contribution in [3.63, 3.8) is 0 Å². The average molecular weight is 608 g/mol. The lowest BCUT2D eigenvalue weighted by Crippen LogP contribution is -2.24. The van der Waals surface area contributed by atoms with Gasteiger partial charge in [-0.15, -0.1) is 10.2 Å². The highest BCUT2D eigenvalue weighted by Gasteiger charge is 2.28. The molecule has 0 unspecified atom stereocenters. The smallest absolute Gasteiger partial charge is 0.243 e. The molecule has 0 spiro atoms. The first-order valence-corrected chi connectivity index (χ1v) is 15.5. The summed E-state index contributed by atoms with van der Waals surface area (Å²) in [5.74, 6) is -0.227.